The maximum atomic E-state index is 5.69. The highest BCUT2D eigenvalue weighted by atomic mass is 16.7. The molecule has 0 bridgehead atoms. The third-order valence-electron chi connectivity index (χ3n) is 3.10. The number of ether oxygens (including phenoxy) is 2. The van der Waals surface area contributed by atoms with Gasteiger partial charge in [0.05, 0.1) is 0 Å². The largest absolute Gasteiger partial charge is 0.454 e. The highest BCUT2D eigenvalue weighted by Crippen LogP contribution is 2.34. The fraction of sp³-hybridized carbons (Fsp3) is 0.538. The van der Waals surface area contributed by atoms with Crippen molar-refractivity contribution >= 4 is 0 Å². The van der Waals surface area contributed by atoms with Gasteiger partial charge in [-0.1, -0.05) is 0 Å². The molecule has 2 rings (SSSR count). The minimum absolute atomic E-state index is 0.0528. The SMILES string of the molecule is Cc1cc2c(cc1CNC(C)(C)CN)OCO2. The molecule has 3 N–H and O–H groups in total. The number of fused-ring (bicyclic) bond motifs is 1. The summed E-state index contributed by atoms with van der Waals surface area (Å²) in [5.41, 5.74) is 8.06. The lowest BCUT2D eigenvalue weighted by molar-refractivity contribution is 0.174. The van der Waals surface area contributed by atoms with Crippen LogP contribution in [0.1, 0.15) is 25.0 Å². The summed E-state index contributed by atoms with van der Waals surface area (Å²) in [7, 11) is 0. The van der Waals surface area contributed by atoms with Gasteiger partial charge in [0.15, 0.2) is 11.5 Å². The molecule has 0 aliphatic carbocycles. The Hall–Kier alpha value is -1.26. The van der Waals surface area contributed by atoms with E-state index in [1.807, 2.05) is 12.1 Å². The van der Waals surface area contributed by atoms with Gasteiger partial charge in [0.2, 0.25) is 6.79 Å². The molecule has 0 fully saturated rings. The van der Waals surface area contributed by atoms with Crippen molar-refractivity contribution in [2.24, 2.45) is 5.73 Å². The van der Waals surface area contributed by atoms with E-state index in [2.05, 4.69) is 26.1 Å². The van der Waals surface area contributed by atoms with Crippen LogP contribution in [0.15, 0.2) is 12.1 Å². The van der Waals surface area contributed by atoms with Gasteiger partial charge in [-0.05, 0) is 44.0 Å². The molecule has 0 unspecified atom stereocenters. The quantitative estimate of drug-likeness (QED) is 0.833. The molecule has 1 aromatic rings. The molecule has 0 spiro atoms. The minimum atomic E-state index is -0.0528. The fourth-order valence-corrected chi connectivity index (χ4v) is 1.68. The Labute approximate surface area is 102 Å². The van der Waals surface area contributed by atoms with Crippen LogP contribution < -0.4 is 20.5 Å². The molecule has 94 valence electrons. The van der Waals surface area contributed by atoms with Gasteiger partial charge in [-0.2, -0.15) is 0 Å². The first-order valence-electron chi connectivity index (χ1n) is 5.86. The summed E-state index contributed by atoms with van der Waals surface area (Å²) in [5, 5.41) is 3.44. The molecule has 0 saturated carbocycles. The summed E-state index contributed by atoms with van der Waals surface area (Å²) in [6.45, 7) is 7.97. The van der Waals surface area contributed by atoms with Gasteiger partial charge in [0.25, 0.3) is 0 Å². The summed E-state index contributed by atoms with van der Waals surface area (Å²) >= 11 is 0. The normalized spacial score (nSPS) is 14.1. The summed E-state index contributed by atoms with van der Waals surface area (Å²) in [6.07, 6.45) is 0. The number of hydrogen-bond acceptors (Lipinski definition) is 4. The lowest BCUT2D eigenvalue weighted by Crippen LogP contribution is -2.45. The number of nitrogens with two attached hydrogens (primary N) is 1. The molecule has 1 aliphatic rings. The summed E-state index contributed by atoms with van der Waals surface area (Å²) in [6, 6.07) is 4.06. The standard InChI is InChI=1S/C13H20N2O2/c1-9-4-11-12(17-8-16-11)5-10(9)6-15-13(2,3)7-14/h4-5,15H,6-8,14H2,1-3H3. The van der Waals surface area contributed by atoms with Crippen molar-refractivity contribution in [3.05, 3.63) is 23.3 Å². The predicted molar refractivity (Wildman–Crippen MR) is 67.3 cm³/mol. The van der Waals surface area contributed by atoms with Gasteiger partial charge in [-0.3, -0.25) is 0 Å². The van der Waals surface area contributed by atoms with Crippen LogP contribution in [0.4, 0.5) is 0 Å². The first kappa shape index (κ1) is 12.2. The monoisotopic (exact) mass is 236 g/mol. The second-order valence-corrected chi connectivity index (χ2v) is 5.07. The van der Waals surface area contributed by atoms with Gasteiger partial charge in [0, 0.05) is 18.6 Å². The third-order valence-corrected chi connectivity index (χ3v) is 3.10. The van der Waals surface area contributed by atoms with Crippen LogP contribution in [0.5, 0.6) is 11.5 Å². The van der Waals surface area contributed by atoms with Crippen LogP contribution in [0.3, 0.4) is 0 Å². The van der Waals surface area contributed by atoms with Crippen LogP contribution in [0, 0.1) is 6.92 Å². The molecule has 0 saturated heterocycles. The summed E-state index contributed by atoms with van der Waals surface area (Å²) in [4.78, 5) is 0. The first-order valence-corrected chi connectivity index (χ1v) is 5.86. The van der Waals surface area contributed by atoms with E-state index >= 15 is 0 Å². The molecule has 0 radical (unpaired) electrons. The van der Waals surface area contributed by atoms with Crippen molar-refractivity contribution in [2.75, 3.05) is 13.3 Å². The molecule has 4 nitrogen and oxygen atoms in total. The van der Waals surface area contributed by atoms with E-state index in [9.17, 15) is 0 Å². The Bertz CT molecular complexity index is 416. The van der Waals surface area contributed by atoms with Gasteiger partial charge >= 0.3 is 0 Å². The Morgan fingerprint density at radius 2 is 1.94 bits per heavy atom. The zero-order chi connectivity index (χ0) is 12.5. The van der Waals surface area contributed by atoms with Crippen LogP contribution in [0.25, 0.3) is 0 Å². The average Bonchev–Trinajstić information content (AvgIpc) is 2.73. The molecule has 0 amide bonds. The lowest BCUT2D eigenvalue weighted by atomic mass is 10.0. The molecule has 1 aliphatic heterocycles. The molecular weight excluding hydrogens is 216 g/mol. The molecule has 1 heterocycles. The molecule has 1 aromatic carbocycles. The number of benzene rings is 1. The number of aryl methyl sites for hydroxylation is 1. The minimum Gasteiger partial charge on any atom is -0.454 e. The van der Waals surface area contributed by atoms with Crippen LogP contribution in [-0.4, -0.2) is 18.9 Å². The third kappa shape index (κ3) is 2.70. The van der Waals surface area contributed by atoms with E-state index in [4.69, 9.17) is 15.2 Å². The van der Waals surface area contributed by atoms with Gasteiger partial charge < -0.3 is 20.5 Å². The molecule has 0 atom stereocenters. The zero-order valence-electron chi connectivity index (χ0n) is 10.7. The molecule has 17 heavy (non-hydrogen) atoms. The smallest absolute Gasteiger partial charge is 0.231 e. The topological polar surface area (TPSA) is 56.5 Å². The van der Waals surface area contributed by atoms with E-state index in [1.165, 1.54) is 11.1 Å². The lowest BCUT2D eigenvalue weighted by Gasteiger charge is -2.24. The zero-order valence-corrected chi connectivity index (χ0v) is 10.7. The van der Waals surface area contributed by atoms with Crippen molar-refractivity contribution in [3.8, 4) is 11.5 Å². The van der Waals surface area contributed by atoms with Crippen LogP contribution in [0.2, 0.25) is 0 Å². The van der Waals surface area contributed by atoms with Gasteiger partial charge in [-0.25, -0.2) is 0 Å². The molecule has 4 heteroatoms. The average molecular weight is 236 g/mol. The fourth-order valence-electron chi connectivity index (χ4n) is 1.68. The van der Waals surface area contributed by atoms with E-state index < -0.39 is 0 Å². The number of rotatable bonds is 4. The van der Waals surface area contributed by atoms with Crippen molar-refractivity contribution in [3.63, 3.8) is 0 Å². The number of hydrogen-bond donors (Lipinski definition) is 2. The van der Waals surface area contributed by atoms with Crippen LogP contribution >= 0.6 is 0 Å². The highest BCUT2D eigenvalue weighted by Gasteiger charge is 2.18. The van der Waals surface area contributed by atoms with E-state index in [0.717, 1.165) is 18.0 Å². The predicted octanol–water partition coefficient (Wildman–Crippen LogP) is 1.55. The van der Waals surface area contributed by atoms with Crippen molar-refractivity contribution in [1.29, 1.82) is 0 Å². The van der Waals surface area contributed by atoms with Crippen molar-refractivity contribution in [1.82, 2.24) is 5.32 Å². The summed E-state index contributed by atoms with van der Waals surface area (Å²) < 4.78 is 10.7. The Balaban J connectivity index is 2.11. The van der Waals surface area contributed by atoms with E-state index in [1.54, 1.807) is 0 Å². The molecule has 0 aromatic heterocycles. The second kappa shape index (κ2) is 4.55. The van der Waals surface area contributed by atoms with E-state index in [0.29, 0.717) is 13.3 Å². The maximum absolute atomic E-state index is 5.69. The van der Waals surface area contributed by atoms with Crippen molar-refractivity contribution in [2.45, 2.75) is 32.9 Å². The Morgan fingerprint density at radius 1 is 1.29 bits per heavy atom. The van der Waals surface area contributed by atoms with Crippen LogP contribution in [-0.2, 0) is 6.54 Å². The summed E-state index contributed by atoms with van der Waals surface area (Å²) in [5.74, 6) is 1.67. The Morgan fingerprint density at radius 3 is 2.59 bits per heavy atom. The van der Waals surface area contributed by atoms with E-state index in [-0.39, 0.29) is 5.54 Å². The highest BCUT2D eigenvalue weighted by molar-refractivity contribution is 5.48. The number of nitrogens with one attached hydrogen (secondary N) is 1. The van der Waals surface area contributed by atoms with Gasteiger partial charge in [0.1, 0.15) is 0 Å². The Kier molecular flexibility index (Phi) is 3.26. The van der Waals surface area contributed by atoms with Gasteiger partial charge in [-0.15, -0.1) is 0 Å². The molecular formula is C13H20N2O2. The maximum Gasteiger partial charge on any atom is 0.231 e. The second-order valence-electron chi connectivity index (χ2n) is 5.07. The first-order chi connectivity index (χ1) is 8.02. The van der Waals surface area contributed by atoms with Crippen molar-refractivity contribution < 1.29 is 9.47 Å².